The molecule has 1 nitrogen and oxygen atoms in total. The molecule has 0 aliphatic heterocycles. The Morgan fingerprint density at radius 3 is 1.61 bits per heavy atom. The van der Waals surface area contributed by atoms with Gasteiger partial charge in [-0.25, -0.2) is 0 Å². The van der Waals surface area contributed by atoms with Gasteiger partial charge < -0.3 is 21.5 Å². The minimum absolute atomic E-state index is 0. The van der Waals surface area contributed by atoms with E-state index in [-0.39, 0.29) is 17.0 Å². The van der Waals surface area contributed by atoms with Gasteiger partial charge in [0.1, 0.15) is 0 Å². The summed E-state index contributed by atoms with van der Waals surface area (Å²) < 4.78 is 1.46. The molecule has 1 atom stereocenters. The lowest BCUT2D eigenvalue weighted by Crippen LogP contribution is -3.00. The molecule has 0 bridgehead atoms. The van der Waals surface area contributed by atoms with Gasteiger partial charge >= 0.3 is 0 Å². The number of unbranched alkanes of at least 4 members (excludes halogenated alkanes) is 2. The summed E-state index contributed by atoms with van der Waals surface area (Å²) in [4.78, 5) is 0. The highest BCUT2D eigenvalue weighted by molar-refractivity contribution is 6.10. The molecule has 0 saturated heterocycles. The van der Waals surface area contributed by atoms with Crippen molar-refractivity contribution in [1.29, 1.82) is 0 Å². The van der Waals surface area contributed by atoms with Crippen molar-refractivity contribution in [3.8, 4) is 0 Å². The van der Waals surface area contributed by atoms with Crippen LogP contribution in [0, 0.1) is 0 Å². The molecule has 3 heteroatoms. The molecular formula is C15H36BrNSi. The molecule has 0 aromatic rings. The summed E-state index contributed by atoms with van der Waals surface area (Å²) in [6.45, 7) is 13.7. The molecule has 0 radical (unpaired) electrons. The maximum absolute atomic E-state index is 2.37. The molecule has 0 N–H and O–H groups in total. The Morgan fingerprint density at radius 2 is 1.28 bits per heavy atom. The third kappa shape index (κ3) is 7.30. The second-order valence-corrected chi connectivity index (χ2v) is 7.07. The summed E-state index contributed by atoms with van der Waals surface area (Å²) in [5.74, 6) is 0. The smallest absolute Gasteiger partial charge is 0.0785 e. The first-order chi connectivity index (χ1) is 8.16. The fraction of sp³-hybridized carbons (Fsp3) is 1.00. The van der Waals surface area contributed by atoms with E-state index in [1.165, 1.54) is 79.3 Å². The monoisotopic (exact) mass is 337 g/mol. The lowest BCUT2D eigenvalue weighted by Gasteiger charge is -2.44. The zero-order valence-corrected chi connectivity index (χ0v) is 17.1. The van der Waals surface area contributed by atoms with E-state index in [2.05, 4.69) is 27.7 Å². The predicted octanol–water partition coefficient (Wildman–Crippen LogP) is 0.309. The molecule has 0 rings (SSSR count). The van der Waals surface area contributed by atoms with Crippen molar-refractivity contribution in [2.75, 3.05) is 19.6 Å². The normalized spacial score (nSPS) is 13.3. The van der Waals surface area contributed by atoms with Crippen LogP contribution in [0.2, 0.25) is 0 Å². The van der Waals surface area contributed by atoms with Crippen molar-refractivity contribution in [2.45, 2.75) is 78.3 Å². The number of quaternary nitrogens is 1. The van der Waals surface area contributed by atoms with Crippen molar-refractivity contribution < 1.29 is 21.5 Å². The molecule has 0 saturated carbocycles. The standard InChI is InChI=1S/C15H36NSi.BrH/c1-5-9-13-16(12-8-4,14-10-6-2)15(17)11-7-3;/h15H,5-14H2,1-4,17H3;1H/q+1;/p-1. The second kappa shape index (κ2) is 12.7. The van der Waals surface area contributed by atoms with E-state index in [1.54, 1.807) is 0 Å². The fourth-order valence-corrected chi connectivity index (χ4v) is 4.43. The van der Waals surface area contributed by atoms with Gasteiger partial charge in [0.15, 0.2) is 0 Å². The Balaban J connectivity index is 0. The van der Waals surface area contributed by atoms with Crippen LogP contribution in [-0.4, -0.2) is 40.0 Å². The van der Waals surface area contributed by atoms with Gasteiger partial charge in [-0.15, -0.1) is 0 Å². The van der Waals surface area contributed by atoms with Crippen LogP contribution in [0.15, 0.2) is 0 Å². The van der Waals surface area contributed by atoms with Crippen molar-refractivity contribution >= 4 is 10.2 Å². The van der Waals surface area contributed by atoms with Gasteiger partial charge in [-0.1, -0.05) is 47.0 Å². The Labute approximate surface area is 130 Å². The lowest BCUT2D eigenvalue weighted by atomic mass is 10.1. The summed E-state index contributed by atoms with van der Waals surface area (Å²) in [5, 5.41) is 0. The van der Waals surface area contributed by atoms with Gasteiger partial charge in [-0.05, 0) is 25.7 Å². The van der Waals surface area contributed by atoms with Crippen LogP contribution >= 0.6 is 0 Å². The maximum Gasteiger partial charge on any atom is 0.0785 e. The molecule has 0 heterocycles. The van der Waals surface area contributed by atoms with Crippen molar-refractivity contribution in [3.63, 3.8) is 0 Å². The zero-order chi connectivity index (χ0) is 13.1. The Morgan fingerprint density at radius 1 is 0.778 bits per heavy atom. The third-order valence-corrected chi connectivity index (χ3v) is 5.90. The van der Waals surface area contributed by atoms with Gasteiger partial charge in [0.25, 0.3) is 0 Å². The van der Waals surface area contributed by atoms with Gasteiger partial charge in [-0.3, -0.25) is 0 Å². The van der Waals surface area contributed by atoms with Crippen LogP contribution in [-0.2, 0) is 0 Å². The molecule has 0 amide bonds. The summed E-state index contributed by atoms with van der Waals surface area (Å²) in [6, 6.07) is 0. The first-order valence-corrected chi connectivity index (χ1v) is 9.18. The predicted molar refractivity (Wildman–Crippen MR) is 83.6 cm³/mol. The molecule has 0 aromatic heterocycles. The number of hydrogen-bond acceptors (Lipinski definition) is 0. The van der Waals surface area contributed by atoms with Crippen LogP contribution in [0.5, 0.6) is 0 Å². The van der Waals surface area contributed by atoms with Crippen molar-refractivity contribution in [2.24, 2.45) is 0 Å². The summed E-state index contributed by atoms with van der Waals surface area (Å²) >= 11 is 0. The van der Waals surface area contributed by atoms with Gasteiger partial charge in [0, 0.05) is 0 Å². The molecule has 0 aromatic carbocycles. The highest BCUT2D eigenvalue weighted by atomic mass is 79.9. The summed E-state index contributed by atoms with van der Waals surface area (Å²) in [6.07, 6.45) is 9.75. The van der Waals surface area contributed by atoms with Gasteiger partial charge in [0.05, 0.1) is 35.5 Å². The third-order valence-electron chi connectivity index (χ3n) is 4.22. The zero-order valence-electron chi connectivity index (χ0n) is 13.5. The summed E-state index contributed by atoms with van der Waals surface area (Å²) in [7, 11) is 1.38. The number of nitrogens with zero attached hydrogens (tertiary/aromatic N) is 1. The van der Waals surface area contributed by atoms with Crippen LogP contribution < -0.4 is 17.0 Å². The second-order valence-electron chi connectivity index (χ2n) is 5.73. The maximum atomic E-state index is 2.37. The number of halogens is 1. The SMILES string of the molecule is CCCC[N+](CCC)(CCCC)C([SiH3])CCC.[Br-]. The van der Waals surface area contributed by atoms with Crippen molar-refractivity contribution in [1.82, 2.24) is 0 Å². The Hall–Kier alpha value is 0.657. The van der Waals surface area contributed by atoms with Crippen LogP contribution in [0.4, 0.5) is 0 Å². The lowest BCUT2D eigenvalue weighted by molar-refractivity contribution is -0.940. The first-order valence-electron chi connectivity index (χ1n) is 8.02. The molecule has 1 unspecified atom stereocenters. The Bertz CT molecular complexity index is 168. The highest BCUT2D eigenvalue weighted by Gasteiger charge is 2.30. The molecule has 112 valence electrons. The van der Waals surface area contributed by atoms with E-state index in [1.807, 2.05) is 0 Å². The minimum atomic E-state index is 0. The van der Waals surface area contributed by atoms with E-state index in [0.717, 1.165) is 5.67 Å². The molecule has 0 spiro atoms. The molecule has 0 fully saturated rings. The Kier molecular flexibility index (Phi) is 14.8. The van der Waals surface area contributed by atoms with E-state index in [0.29, 0.717) is 0 Å². The van der Waals surface area contributed by atoms with Crippen LogP contribution in [0.1, 0.15) is 72.6 Å². The average Bonchev–Trinajstić information content (AvgIpc) is 2.33. The van der Waals surface area contributed by atoms with Crippen LogP contribution in [0.3, 0.4) is 0 Å². The average molecular weight is 338 g/mol. The summed E-state index contributed by atoms with van der Waals surface area (Å²) in [5.41, 5.74) is 0.998. The van der Waals surface area contributed by atoms with E-state index >= 15 is 0 Å². The largest absolute Gasteiger partial charge is 1.00 e. The highest BCUT2D eigenvalue weighted by Crippen LogP contribution is 2.20. The van der Waals surface area contributed by atoms with Gasteiger partial charge in [-0.2, -0.15) is 0 Å². The first kappa shape index (κ1) is 21.0. The van der Waals surface area contributed by atoms with E-state index < -0.39 is 0 Å². The minimum Gasteiger partial charge on any atom is -1.00 e. The fourth-order valence-electron chi connectivity index (χ4n) is 3.08. The van der Waals surface area contributed by atoms with Gasteiger partial charge in [0.2, 0.25) is 0 Å². The van der Waals surface area contributed by atoms with Crippen molar-refractivity contribution in [3.05, 3.63) is 0 Å². The molecular weight excluding hydrogens is 302 g/mol. The van der Waals surface area contributed by atoms with E-state index in [9.17, 15) is 0 Å². The van der Waals surface area contributed by atoms with Crippen LogP contribution in [0.25, 0.3) is 0 Å². The number of hydrogen-bond donors (Lipinski definition) is 0. The quantitative estimate of drug-likeness (QED) is 0.376. The van der Waals surface area contributed by atoms with E-state index in [4.69, 9.17) is 0 Å². The molecule has 18 heavy (non-hydrogen) atoms. The number of rotatable bonds is 11. The molecule has 0 aliphatic carbocycles. The topological polar surface area (TPSA) is 0 Å². The molecule has 0 aliphatic rings.